The minimum atomic E-state index is -1.60. The number of halogens is 1. The lowest BCUT2D eigenvalue weighted by Crippen LogP contribution is -2.35. The largest absolute Gasteiger partial charge is 0.497 e. The molecule has 0 saturated carbocycles. The Morgan fingerprint density at radius 3 is 2.52 bits per heavy atom. The minimum Gasteiger partial charge on any atom is -0.497 e. The average molecular weight is 637 g/mol. The maximum Gasteiger partial charge on any atom is 0.488 e. The number of carbonyl (C=O) groups is 2. The number of aromatic nitrogens is 3. The van der Waals surface area contributed by atoms with Gasteiger partial charge in [-0.3, -0.25) is 19.1 Å². The van der Waals surface area contributed by atoms with Gasteiger partial charge in [-0.15, -0.1) is 10.2 Å². The third kappa shape index (κ3) is 6.23. The van der Waals surface area contributed by atoms with E-state index in [1.165, 1.54) is 0 Å². The lowest BCUT2D eigenvalue weighted by molar-refractivity contribution is -0.121. The molecule has 11 nitrogen and oxygen atoms in total. The summed E-state index contributed by atoms with van der Waals surface area (Å²) in [4.78, 5) is 31.3. The Bertz CT molecular complexity index is 1980. The molecule has 2 amide bonds. The zero-order valence-electron chi connectivity index (χ0n) is 25.1. The van der Waals surface area contributed by atoms with E-state index in [0.717, 1.165) is 16.8 Å². The van der Waals surface area contributed by atoms with Gasteiger partial charge in [0.15, 0.2) is 5.82 Å². The Morgan fingerprint density at radius 2 is 1.76 bits per heavy atom. The number of hydrogen-bond donors (Lipinski definition) is 4. The number of aliphatic imine (C=N–C) groups is 1. The van der Waals surface area contributed by atoms with Crippen LogP contribution in [-0.4, -0.2) is 69.7 Å². The second kappa shape index (κ2) is 13.1. The molecule has 13 heteroatoms. The van der Waals surface area contributed by atoms with E-state index in [1.807, 2.05) is 41.8 Å². The van der Waals surface area contributed by atoms with E-state index < -0.39 is 13.2 Å². The number of hydrogen-bond acceptors (Lipinski definition) is 8. The number of aryl methyl sites for hydroxylation is 1. The van der Waals surface area contributed by atoms with Crippen molar-refractivity contribution < 1.29 is 24.4 Å². The highest BCUT2D eigenvalue weighted by Gasteiger charge is 2.30. The van der Waals surface area contributed by atoms with Crippen molar-refractivity contribution in [3.05, 3.63) is 112 Å². The van der Waals surface area contributed by atoms with Crippen LogP contribution in [0.5, 0.6) is 5.75 Å². The van der Waals surface area contributed by atoms with E-state index >= 15 is 0 Å². The molecule has 1 aliphatic rings. The van der Waals surface area contributed by atoms with E-state index in [1.54, 1.807) is 55.6 Å². The summed E-state index contributed by atoms with van der Waals surface area (Å²) >= 11 is 6.18. The molecule has 0 spiro atoms. The lowest BCUT2D eigenvalue weighted by Gasteiger charge is -2.14. The van der Waals surface area contributed by atoms with Crippen molar-refractivity contribution in [1.29, 1.82) is 0 Å². The quantitative estimate of drug-likeness (QED) is 0.144. The summed E-state index contributed by atoms with van der Waals surface area (Å²) in [5, 5.41) is 35.4. The molecule has 46 heavy (non-hydrogen) atoms. The molecule has 1 aromatic heterocycles. The number of nitrogens with one attached hydrogen (secondary N) is 2. The fourth-order valence-corrected chi connectivity index (χ4v) is 5.68. The average Bonchev–Trinajstić information content (AvgIpc) is 3.39. The molecular weight excluding hydrogens is 607 g/mol. The van der Waals surface area contributed by atoms with Crippen LogP contribution < -0.4 is 20.8 Å². The number of fused-ring (bicyclic) bond motifs is 4. The summed E-state index contributed by atoms with van der Waals surface area (Å²) in [5.41, 5.74) is 3.87. The van der Waals surface area contributed by atoms with E-state index in [9.17, 15) is 19.6 Å². The molecule has 232 valence electrons. The highest BCUT2D eigenvalue weighted by molar-refractivity contribution is 6.59. The van der Waals surface area contributed by atoms with Gasteiger partial charge in [0.05, 0.1) is 24.9 Å². The second-order valence-electron chi connectivity index (χ2n) is 10.8. The van der Waals surface area contributed by atoms with E-state index in [-0.39, 0.29) is 31.3 Å². The molecule has 5 aromatic rings. The van der Waals surface area contributed by atoms with Crippen LogP contribution in [0.2, 0.25) is 5.02 Å². The Hall–Kier alpha value is -5.04. The number of carbonyl (C=O) groups excluding carboxylic acids is 2. The van der Waals surface area contributed by atoms with Gasteiger partial charge in [-0.25, -0.2) is 0 Å². The van der Waals surface area contributed by atoms with E-state index in [4.69, 9.17) is 21.3 Å². The van der Waals surface area contributed by atoms with Crippen LogP contribution in [0.1, 0.15) is 45.6 Å². The molecule has 4 aromatic carbocycles. The summed E-state index contributed by atoms with van der Waals surface area (Å²) in [6, 6.07) is 22.5. The highest BCUT2D eigenvalue weighted by Crippen LogP contribution is 2.34. The van der Waals surface area contributed by atoms with Crippen molar-refractivity contribution in [2.24, 2.45) is 4.99 Å². The van der Waals surface area contributed by atoms with Crippen molar-refractivity contribution in [3.8, 4) is 11.4 Å². The number of amides is 2. The maximum atomic E-state index is 13.2. The summed E-state index contributed by atoms with van der Waals surface area (Å²) in [6.07, 6.45) is -0.00332. The first-order valence-corrected chi connectivity index (χ1v) is 15.0. The zero-order valence-corrected chi connectivity index (χ0v) is 25.8. The topological polar surface area (TPSA) is 151 Å². The molecule has 6 rings (SSSR count). The van der Waals surface area contributed by atoms with Crippen LogP contribution in [0.25, 0.3) is 16.5 Å². The predicted molar refractivity (Wildman–Crippen MR) is 176 cm³/mol. The maximum absolute atomic E-state index is 13.2. The Balaban J connectivity index is 1.19. The highest BCUT2D eigenvalue weighted by atomic mass is 35.5. The molecule has 0 bridgehead atoms. The SMILES string of the molecule is COc1ccc2c(c1)C(c1ccc(Cl)cc1)=NC(CC(=O)NCCNC(=O)c1cccc3cc(B(O)O)ccc13)c1nnc(C)n1-2. The van der Waals surface area contributed by atoms with Gasteiger partial charge in [-0.2, -0.15) is 0 Å². The summed E-state index contributed by atoms with van der Waals surface area (Å²) < 4.78 is 7.43. The van der Waals surface area contributed by atoms with Crippen LogP contribution in [0.4, 0.5) is 0 Å². The third-order valence-electron chi connectivity index (χ3n) is 7.81. The summed E-state index contributed by atoms with van der Waals surface area (Å²) in [5.74, 6) is 1.26. The van der Waals surface area contributed by atoms with Crippen LogP contribution in [0.15, 0.2) is 83.9 Å². The second-order valence-corrected chi connectivity index (χ2v) is 11.2. The monoisotopic (exact) mass is 636 g/mol. The summed E-state index contributed by atoms with van der Waals surface area (Å²) in [6.45, 7) is 2.24. The van der Waals surface area contributed by atoms with Gasteiger partial charge in [-0.1, -0.05) is 54.1 Å². The first kappa shape index (κ1) is 31.0. The van der Waals surface area contributed by atoms with Crippen molar-refractivity contribution in [1.82, 2.24) is 25.4 Å². The fourth-order valence-electron chi connectivity index (χ4n) is 5.56. The Labute approximate surface area is 270 Å². The smallest absolute Gasteiger partial charge is 0.488 e. The Kier molecular flexibility index (Phi) is 8.84. The number of benzene rings is 4. The number of nitrogens with zero attached hydrogens (tertiary/aromatic N) is 4. The normalized spacial score (nSPS) is 13.7. The standard InChI is InChI=1S/C33H30BClN6O5/c1-19-39-40-32-28(38-31(20-6-9-23(35)10-7-20)27-17-24(46-2)11-13-29(27)41(19)32)18-30(42)36-14-15-37-33(43)26-5-3-4-21-16-22(34(44)45)8-12-25(21)26/h3-13,16-17,28,44-45H,14-15,18H2,1-2H3,(H,36,42)(H,37,43). The van der Waals surface area contributed by atoms with Crippen molar-refractivity contribution in [3.63, 3.8) is 0 Å². The number of rotatable bonds is 9. The molecule has 0 saturated heterocycles. The third-order valence-corrected chi connectivity index (χ3v) is 8.06. The molecular formula is C33H30BClN6O5. The molecule has 0 radical (unpaired) electrons. The first-order valence-electron chi connectivity index (χ1n) is 14.6. The zero-order chi connectivity index (χ0) is 32.4. The lowest BCUT2D eigenvalue weighted by atomic mass is 9.79. The molecule has 1 unspecified atom stereocenters. The Morgan fingerprint density at radius 1 is 0.978 bits per heavy atom. The van der Waals surface area contributed by atoms with Crippen LogP contribution in [0.3, 0.4) is 0 Å². The number of methoxy groups -OCH3 is 1. The van der Waals surface area contributed by atoms with Gasteiger partial charge in [-0.05, 0) is 59.6 Å². The van der Waals surface area contributed by atoms with Crippen LogP contribution >= 0.6 is 11.6 Å². The van der Waals surface area contributed by atoms with Crippen LogP contribution in [-0.2, 0) is 4.79 Å². The van der Waals surface area contributed by atoms with Crippen molar-refractivity contribution in [2.45, 2.75) is 19.4 Å². The predicted octanol–water partition coefficient (Wildman–Crippen LogP) is 2.90. The minimum absolute atomic E-state index is 0.00332. The van der Waals surface area contributed by atoms with Gasteiger partial charge in [0, 0.05) is 34.8 Å². The van der Waals surface area contributed by atoms with Crippen molar-refractivity contribution in [2.75, 3.05) is 20.2 Å². The molecule has 0 fully saturated rings. The molecule has 4 N–H and O–H groups in total. The van der Waals surface area contributed by atoms with E-state index in [0.29, 0.717) is 49.9 Å². The fraction of sp³-hybridized carbons (Fsp3) is 0.182. The van der Waals surface area contributed by atoms with Gasteiger partial charge >= 0.3 is 7.12 Å². The molecule has 2 heterocycles. The van der Waals surface area contributed by atoms with Crippen molar-refractivity contribution >= 4 is 52.5 Å². The van der Waals surface area contributed by atoms with Gasteiger partial charge in [0.25, 0.3) is 5.91 Å². The van der Waals surface area contributed by atoms with Gasteiger partial charge in [0.1, 0.15) is 17.6 Å². The van der Waals surface area contributed by atoms with Gasteiger partial charge < -0.3 is 25.4 Å². The van der Waals surface area contributed by atoms with Gasteiger partial charge in [0.2, 0.25) is 5.91 Å². The number of ether oxygens (including phenoxy) is 1. The van der Waals surface area contributed by atoms with Crippen LogP contribution in [0, 0.1) is 6.92 Å². The molecule has 1 aliphatic heterocycles. The summed E-state index contributed by atoms with van der Waals surface area (Å²) in [7, 11) is 0.00186. The molecule has 0 aliphatic carbocycles. The first-order chi connectivity index (χ1) is 22.2. The van der Waals surface area contributed by atoms with E-state index in [2.05, 4.69) is 20.8 Å². The molecule has 1 atom stereocenters.